The largest absolute Gasteiger partial charge is 0.573 e. The van der Waals surface area contributed by atoms with Gasteiger partial charge in [0.15, 0.2) is 0 Å². The SMILES string of the molecule is CC(C)(C)NS(=O)(=O)c1ccc(Br)c(C(=O)Nc2ccc(OC(F)(F)F)cc2)c1. The van der Waals surface area contributed by atoms with Crippen molar-refractivity contribution in [2.75, 3.05) is 5.32 Å². The van der Waals surface area contributed by atoms with Gasteiger partial charge in [0.25, 0.3) is 5.91 Å². The number of amides is 1. The van der Waals surface area contributed by atoms with E-state index in [0.29, 0.717) is 4.47 Å². The number of alkyl halides is 3. The normalized spacial score (nSPS) is 12.5. The molecule has 1 amide bonds. The number of nitrogens with one attached hydrogen (secondary N) is 2. The molecule has 0 fully saturated rings. The number of benzene rings is 2. The van der Waals surface area contributed by atoms with Crippen LogP contribution in [0.25, 0.3) is 0 Å². The van der Waals surface area contributed by atoms with E-state index >= 15 is 0 Å². The Hall–Kier alpha value is -2.11. The van der Waals surface area contributed by atoms with Gasteiger partial charge in [0.1, 0.15) is 5.75 Å². The molecule has 2 aromatic rings. The van der Waals surface area contributed by atoms with E-state index in [1.54, 1.807) is 20.8 Å². The topological polar surface area (TPSA) is 84.5 Å². The summed E-state index contributed by atoms with van der Waals surface area (Å²) in [5.74, 6) is -1.08. The van der Waals surface area contributed by atoms with E-state index in [1.807, 2.05) is 0 Å². The molecular formula is C18H18BrF3N2O4S. The number of halogens is 4. The van der Waals surface area contributed by atoms with Crippen molar-refractivity contribution in [3.63, 3.8) is 0 Å². The van der Waals surface area contributed by atoms with E-state index in [0.717, 1.165) is 12.1 Å². The summed E-state index contributed by atoms with van der Waals surface area (Å²) < 4.78 is 68.2. The van der Waals surface area contributed by atoms with Gasteiger partial charge in [0, 0.05) is 15.7 Å². The first-order valence-electron chi connectivity index (χ1n) is 8.17. The number of rotatable bonds is 5. The van der Waals surface area contributed by atoms with Gasteiger partial charge in [-0.05, 0) is 79.2 Å². The lowest BCUT2D eigenvalue weighted by Gasteiger charge is -2.20. The van der Waals surface area contributed by atoms with Crippen LogP contribution in [0.4, 0.5) is 18.9 Å². The number of carbonyl (C=O) groups is 1. The van der Waals surface area contributed by atoms with Gasteiger partial charge in [-0.3, -0.25) is 4.79 Å². The maximum absolute atomic E-state index is 12.5. The van der Waals surface area contributed by atoms with E-state index in [2.05, 4.69) is 30.7 Å². The van der Waals surface area contributed by atoms with Crippen LogP contribution < -0.4 is 14.8 Å². The van der Waals surface area contributed by atoms with Gasteiger partial charge in [-0.15, -0.1) is 13.2 Å². The molecular weight excluding hydrogens is 477 g/mol. The summed E-state index contributed by atoms with van der Waals surface area (Å²) in [7, 11) is -3.86. The van der Waals surface area contributed by atoms with E-state index in [1.165, 1.54) is 30.3 Å². The van der Waals surface area contributed by atoms with Crippen LogP contribution in [0.2, 0.25) is 0 Å². The molecule has 0 saturated carbocycles. The highest BCUT2D eigenvalue weighted by atomic mass is 79.9. The van der Waals surface area contributed by atoms with Crippen molar-refractivity contribution in [2.45, 2.75) is 37.6 Å². The third-order valence-electron chi connectivity index (χ3n) is 3.28. The first kappa shape index (κ1) is 23.2. The van der Waals surface area contributed by atoms with Crippen LogP contribution in [0.3, 0.4) is 0 Å². The molecule has 11 heteroatoms. The number of carbonyl (C=O) groups excluding carboxylic acids is 1. The second-order valence-corrected chi connectivity index (χ2v) is 9.56. The van der Waals surface area contributed by atoms with Gasteiger partial charge < -0.3 is 10.1 Å². The Morgan fingerprint density at radius 3 is 2.14 bits per heavy atom. The fraction of sp³-hybridized carbons (Fsp3) is 0.278. The number of sulfonamides is 1. The number of anilines is 1. The van der Waals surface area contributed by atoms with Crippen LogP contribution >= 0.6 is 15.9 Å². The summed E-state index contributed by atoms with van der Waals surface area (Å²) in [6, 6.07) is 8.53. The van der Waals surface area contributed by atoms with Gasteiger partial charge in [-0.2, -0.15) is 0 Å². The molecule has 0 atom stereocenters. The zero-order valence-corrected chi connectivity index (χ0v) is 18.0. The Bertz CT molecular complexity index is 1000. The third kappa shape index (κ3) is 7.02. The first-order valence-corrected chi connectivity index (χ1v) is 10.4. The van der Waals surface area contributed by atoms with Crippen LogP contribution in [-0.4, -0.2) is 26.2 Å². The van der Waals surface area contributed by atoms with E-state index in [4.69, 9.17) is 0 Å². The third-order valence-corrected chi connectivity index (χ3v) is 5.73. The number of hydrogen-bond acceptors (Lipinski definition) is 4. The van der Waals surface area contributed by atoms with Crippen molar-refractivity contribution in [3.05, 3.63) is 52.5 Å². The molecule has 2 N–H and O–H groups in total. The van der Waals surface area contributed by atoms with Gasteiger partial charge in [0.2, 0.25) is 10.0 Å². The lowest BCUT2D eigenvalue weighted by atomic mass is 10.1. The van der Waals surface area contributed by atoms with Crippen molar-refractivity contribution in [1.82, 2.24) is 4.72 Å². The Morgan fingerprint density at radius 2 is 1.62 bits per heavy atom. The van der Waals surface area contributed by atoms with Gasteiger partial charge in [-0.25, -0.2) is 13.1 Å². The summed E-state index contributed by atoms with van der Waals surface area (Å²) >= 11 is 3.20. The second-order valence-electron chi connectivity index (χ2n) is 7.02. The molecule has 0 aliphatic carbocycles. The highest BCUT2D eigenvalue weighted by Crippen LogP contribution is 2.26. The summed E-state index contributed by atoms with van der Waals surface area (Å²) in [5.41, 5.74) is -0.468. The Morgan fingerprint density at radius 1 is 1.03 bits per heavy atom. The smallest absolute Gasteiger partial charge is 0.406 e. The minimum atomic E-state index is -4.82. The van der Waals surface area contributed by atoms with Crippen molar-refractivity contribution < 1.29 is 31.1 Å². The van der Waals surface area contributed by atoms with Crippen molar-refractivity contribution in [3.8, 4) is 5.75 Å². The summed E-state index contributed by atoms with van der Waals surface area (Å²) in [4.78, 5) is 12.4. The van der Waals surface area contributed by atoms with Crippen LogP contribution in [0, 0.1) is 0 Å². The maximum Gasteiger partial charge on any atom is 0.573 e. The van der Waals surface area contributed by atoms with E-state index in [9.17, 15) is 26.4 Å². The predicted molar refractivity (Wildman–Crippen MR) is 105 cm³/mol. The summed E-state index contributed by atoms with van der Waals surface area (Å²) in [6.45, 7) is 5.05. The molecule has 0 unspecified atom stereocenters. The monoisotopic (exact) mass is 494 g/mol. The lowest BCUT2D eigenvalue weighted by Crippen LogP contribution is -2.40. The Kier molecular flexibility index (Phi) is 6.65. The minimum Gasteiger partial charge on any atom is -0.406 e. The quantitative estimate of drug-likeness (QED) is 0.631. The highest BCUT2D eigenvalue weighted by molar-refractivity contribution is 9.10. The van der Waals surface area contributed by atoms with Crippen molar-refractivity contribution in [2.24, 2.45) is 0 Å². The first-order chi connectivity index (χ1) is 13.2. The molecule has 0 aliphatic rings. The molecule has 0 spiro atoms. The minimum absolute atomic E-state index is 0.0393. The molecule has 0 bridgehead atoms. The fourth-order valence-electron chi connectivity index (χ4n) is 2.25. The van der Waals surface area contributed by atoms with Crippen molar-refractivity contribution >= 4 is 37.5 Å². The average Bonchev–Trinajstić information content (AvgIpc) is 2.53. The zero-order chi connectivity index (χ0) is 22.0. The van der Waals surface area contributed by atoms with Crippen LogP contribution in [0.5, 0.6) is 5.75 Å². The summed E-state index contributed by atoms with van der Waals surface area (Å²) in [6.07, 6.45) is -4.82. The number of ether oxygens (including phenoxy) is 1. The lowest BCUT2D eigenvalue weighted by molar-refractivity contribution is -0.274. The molecule has 0 saturated heterocycles. The highest BCUT2D eigenvalue weighted by Gasteiger charge is 2.31. The molecule has 0 radical (unpaired) electrons. The molecule has 0 heterocycles. The van der Waals surface area contributed by atoms with Gasteiger partial charge >= 0.3 is 6.36 Å². The second kappa shape index (κ2) is 8.33. The predicted octanol–water partition coefficient (Wildman–Crippen LogP) is 4.68. The van der Waals surface area contributed by atoms with Crippen LogP contribution in [0.1, 0.15) is 31.1 Å². The summed E-state index contributed by atoms with van der Waals surface area (Å²) in [5, 5.41) is 2.50. The Balaban J connectivity index is 2.23. The van der Waals surface area contributed by atoms with Crippen molar-refractivity contribution in [1.29, 1.82) is 0 Å². The molecule has 2 aromatic carbocycles. The van der Waals surface area contributed by atoms with Gasteiger partial charge in [0.05, 0.1) is 10.5 Å². The molecule has 2 rings (SSSR count). The zero-order valence-electron chi connectivity index (χ0n) is 15.6. The molecule has 0 aromatic heterocycles. The molecule has 6 nitrogen and oxygen atoms in total. The average molecular weight is 495 g/mol. The number of hydrogen-bond donors (Lipinski definition) is 2. The molecule has 0 aliphatic heterocycles. The molecule has 29 heavy (non-hydrogen) atoms. The van der Waals surface area contributed by atoms with E-state index < -0.39 is 33.6 Å². The fourth-order valence-corrected chi connectivity index (χ4v) is 4.12. The van der Waals surface area contributed by atoms with Crippen LogP contribution in [0.15, 0.2) is 51.8 Å². The van der Waals surface area contributed by atoms with Gasteiger partial charge in [-0.1, -0.05) is 0 Å². The molecule has 158 valence electrons. The standard InChI is InChI=1S/C18H18BrF3N2O4S/c1-17(2,3)24-29(26,27)13-8-9-15(19)14(10-13)16(25)23-11-4-6-12(7-5-11)28-18(20,21)22/h4-10,24H,1-3H3,(H,23,25). The van der Waals surface area contributed by atoms with E-state index in [-0.39, 0.29) is 16.1 Å². The Labute approximate surface area is 174 Å². The van der Waals surface area contributed by atoms with Crippen LogP contribution in [-0.2, 0) is 10.0 Å². The maximum atomic E-state index is 12.5.